The van der Waals surface area contributed by atoms with Crippen LogP contribution in [0.3, 0.4) is 0 Å². The van der Waals surface area contributed by atoms with Crippen molar-refractivity contribution in [1.82, 2.24) is 9.55 Å². The molecule has 0 radical (unpaired) electrons. The molecule has 0 saturated heterocycles. The summed E-state index contributed by atoms with van der Waals surface area (Å²) >= 11 is 0. The van der Waals surface area contributed by atoms with Crippen molar-refractivity contribution in [1.29, 1.82) is 0 Å². The summed E-state index contributed by atoms with van der Waals surface area (Å²) in [5.74, 6) is 1.53. The second-order valence-corrected chi connectivity index (χ2v) is 7.33. The molecule has 0 bridgehead atoms. The zero-order valence-corrected chi connectivity index (χ0v) is 17.6. The summed E-state index contributed by atoms with van der Waals surface area (Å²) in [4.78, 5) is 3.82. The summed E-state index contributed by atoms with van der Waals surface area (Å²) in [5, 5.41) is 0. The molecular formula is C23H31BN2O2. The quantitative estimate of drug-likeness (QED) is 0.584. The molecule has 0 atom stereocenters. The Balaban J connectivity index is 0.000000292. The summed E-state index contributed by atoms with van der Waals surface area (Å²) in [7, 11) is 1.65. The molecule has 0 N–H and O–H groups in total. The standard InChI is InChI=1S/C18H23BO.C5H8N2O/c1-14(2)19(16-10-6-5-7-11-16)17-12-8-9-13-18(17)20-15(3)4;1-8-5-7-3-2-6-4-7/h5-15H,1-4H3;2-4H,5H2,1H3. The van der Waals surface area contributed by atoms with Crippen molar-refractivity contribution >= 4 is 17.6 Å². The summed E-state index contributed by atoms with van der Waals surface area (Å²) < 4.78 is 12.7. The molecule has 0 amide bonds. The highest BCUT2D eigenvalue weighted by Crippen LogP contribution is 2.16. The predicted molar refractivity (Wildman–Crippen MR) is 118 cm³/mol. The van der Waals surface area contributed by atoms with E-state index in [1.807, 2.05) is 16.8 Å². The molecule has 0 aliphatic heterocycles. The van der Waals surface area contributed by atoms with E-state index < -0.39 is 0 Å². The van der Waals surface area contributed by atoms with Gasteiger partial charge >= 0.3 is 0 Å². The van der Waals surface area contributed by atoms with Gasteiger partial charge in [0.05, 0.1) is 12.4 Å². The van der Waals surface area contributed by atoms with Crippen LogP contribution in [0.1, 0.15) is 27.7 Å². The topological polar surface area (TPSA) is 36.3 Å². The summed E-state index contributed by atoms with van der Waals surface area (Å²) in [5.41, 5.74) is 2.63. The van der Waals surface area contributed by atoms with Crippen molar-refractivity contribution in [3.8, 4) is 5.75 Å². The molecule has 0 aliphatic carbocycles. The second-order valence-electron chi connectivity index (χ2n) is 7.33. The van der Waals surface area contributed by atoms with Gasteiger partial charge in [-0.15, -0.1) is 0 Å². The van der Waals surface area contributed by atoms with Crippen molar-refractivity contribution in [2.45, 2.75) is 46.3 Å². The molecule has 0 unspecified atom stereocenters. The van der Waals surface area contributed by atoms with Gasteiger partial charge in [-0.05, 0) is 25.4 Å². The van der Waals surface area contributed by atoms with Crippen LogP contribution in [0.2, 0.25) is 5.82 Å². The number of imidazole rings is 1. The van der Waals surface area contributed by atoms with Gasteiger partial charge in [-0.3, -0.25) is 0 Å². The first-order valence-corrected chi connectivity index (χ1v) is 9.78. The highest BCUT2D eigenvalue weighted by molar-refractivity contribution is 6.86. The average molecular weight is 378 g/mol. The molecular weight excluding hydrogens is 347 g/mol. The maximum absolute atomic E-state index is 6.00. The molecule has 1 heterocycles. The van der Waals surface area contributed by atoms with Crippen molar-refractivity contribution in [3.05, 3.63) is 73.3 Å². The van der Waals surface area contributed by atoms with E-state index in [0.29, 0.717) is 19.3 Å². The second kappa shape index (κ2) is 11.3. The van der Waals surface area contributed by atoms with E-state index in [9.17, 15) is 0 Å². The molecule has 2 aromatic carbocycles. The highest BCUT2D eigenvalue weighted by Gasteiger charge is 2.25. The lowest BCUT2D eigenvalue weighted by Gasteiger charge is -2.22. The number of ether oxygens (including phenoxy) is 2. The predicted octanol–water partition coefficient (Wildman–Crippen LogP) is 3.98. The molecule has 3 rings (SSSR count). The Hall–Kier alpha value is -2.53. The third kappa shape index (κ3) is 6.57. The van der Waals surface area contributed by atoms with Crippen LogP contribution >= 0.6 is 0 Å². The summed E-state index contributed by atoms with van der Waals surface area (Å²) in [6.45, 7) is 9.63. The van der Waals surface area contributed by atoms with E-state index in [4.69, 9.17) is 9.47 Å². The molecule has 0 fully saturated rings. The van der Waals surface area contributed by atoms with Crippen LogP contribution in [0.4, 0.5) is 0 Å². The molecule has 0 saturated carbocycles. The SMILES string of the molecule is CC(C)Oc1ccccc1B(c1ccccc1)C(C)C.COCn1ccnc1. The van der Waals surface area contributed by atoms with Gasteiger partial charge in [0.25, 0.3) is 0 Å². The van der Waals surface area contributed by atoms with Gasteiger partial charge in [-0.25, -0.2) is 4.98 Å². The molecule has 1 aromatic heterocycles. The smallest absolute Gasteiger partial charge is 0.216 e. The van der Waals surface area contributed by atoms with Crippen LogP contribution in [0, 0.1) is 0 Å². The number of benzene rings is 2. The summed E-state index contributed by atoms with van der Waals surface area (Å²) in [6, 6.07) is 19.1. The average Bonchev–Trinajstić information content (AvgIpc) is 3.18. The number of hydrogen-bond donors (Lipinski definition) is 0. The zero-order chi connectivity index (χ0) is 20.4. The van der Waals surface area contributed by atoms with Crippen molar-refractivity contribution in [3.63, 3.8) is 0 Å². The lowest BCUT2D eigenvalue weighted by atomic mass is 9.34. The van der Waals surface area contributed by atoms with Crippen LogP contribution in [0.5, 0.6) is 5.75 Å². The van der Waals surface area contributed by atoms with Crippen molar-refractivity contribution < 1.29 is 9.47 Å². The first-order valence-electron chi connectivity index (χ1n) is 9.78. The zero-order valence-electron chi connectivity index (χ0n) is 17.6. The van der Waals surface area contributed by atoms with E-state index in [-0.39, 0.29) is 6.10 Å². The number of methoxy groups -OCH3 is 1. The largest absolute Gasteiger partial charge is 0.492 e. The van der Waals surface area contributed by atoms with Gasteiger partial charge in [0.1, 0.15) is 12.5 Å². The lowest BCUT2D eigenvalue weighted by Crippen LogP contribution is -2.45. The lowest BCUT2D eigenvalue weighted by molar-refractivity contribution is 0.131. The Bertz CT molecular complexity index is 789. The maximum atomic E-state index is 6.00. The number of para-hydroxylation sites is 1. The Kier molecular flexibility index (Phi) is 8.82. The van der Waals surface area contributed by atoms with Gasteiger partial charge < -0.3 is 14.0 Å². The summed E-state index contributed by atoms with van der Waals surface area (Å²) in [6.07, 6.45) is 5.48. The van der Waals surface area contributed by atoms with Gasteiger partial charge in [0, 0.05) is 19.5 Å². The normalized spacial score (nSPS) is 10.5. The molecule has 3 aromatic rings. The van der Waals surface area contributed by atoms with E-state index >= 15 is 0 Å². The third-order valence-electron chi connectivity index (χ3n) is 4.28. The Labute approximate surface area is 169 Å². The minimum atomic E-state index is 0.194. The van der Waals surface area contributed by atoms with Gasteiger partial charge in [-0.1, -0.05) is 73.7 Å². The van der Waals surface area contributed by atoms with Crippen LogP contribution in [-0.4, -0.2) is 29.5 Å². The van der Waals surface area contributed by atoms with Crippen molar-refractivity contribution in [2.24, 2.45) is 0 Å². The first-order chi connectivity index (χ1) is 13.5. The number of aromatic nitrogens is 2. The van der Waals surface area contributed by atoms with Crippen molar-refractivity contribution in [2.75, 3.05) is 7.11 Å². The molecule has 4 nitrogen and oxygen atoms in total. The fourth-order valence-corrected chi connectivity index (χ4v) is 3.19. The minimum Gasteiger partial charge on any atom is -0.492 e. The fourth-order valence-electron chi connectivity index (χ4n) is 3.19. The van der Waals surface area contributed by atoms with E-state index in [1.54, 1.807) is 19.6 Å². The van der Waals surface area contributed by atoms with E-state index in [2.05, 4.69) is 81.2 Å². The van der Waals surface area contributed by atoms with Crippen LogP contribution < -0.4 is 15.7 Å². The molecule has 5 heteroatoms. The van der Waals surface area contributed by atoms with Crippen LogP contribution in [0.25, 0.3) is 0 Å². The highest BCUT2D eigenvalue weighted by atomic mass is 16.5. The number of rotatable bonds is 7. The third-order valence-corrected chi connectivity index (χ3v) is 4.28. The monoisotopic (exact) mass is 378 g/mol. The molecule has 0 spiro atoms. The molecule has 28 heavy (non-hydrogen) atoms. The minimum absolute atomic E-state index is 0.194. The van der Waals surface area contributed by atoms with E-state index in [1.165, 1.54) is 10.9 Å². The molecule has 0 aliphatic rings. The Morgan fingerprint density at radius 1 is 0.964 bits per heavy atom. The van der Waals surface area contributed by atoms with Crippen LogP contribution in [0.15, 0.2) is 73.3 Å². The first kappa shape index (κ1) is 21.8. The number of nitrogens with zero attached hydrogens (tertiary/aromatic N) is 2. The van der Waals surface area contributed by atoms with Gasteiger partial charge in [0.2, 0.25) is 6.71 Å². The maximum Gasteiger partial charge on any atom is 0.216 e. The van der Waals surface area contributed by atoms with E-state index in [0.717, 1.165) is 5.75 Å². The van der Waals surface area contributed by atoms with Gasteiger partial charge in [-0.2, -0.15) is 0 Å². The Morgan fingerprint density at radius 2 is 1.64 bits per heavy atom. The molecule has 148 valence electrons. The number of hydrogen-bond acceptors (Lipinski definition) is 3. The van der Waals surface area contributed by atoms with Gasteiger partial charge in [0.15, 0.2) is 0 Å². The van der Waals surface area contributed by atoms with Crippen LogP contribution in [-0.2, 0) is 11.5 Å². The fraction of sp³-hybridized carbons (Fsp3) is 0.348. The Morgan fingerprint density at radius 3 is 2.21 bits per heavy atom.